The number of amides is 1. The van der Waals surface area contributed by atoms with Gasteiger partial charge in [0.1, 0.15) is 0 Å². The van der Waals surface area contributed by atoms with Crippen molar-refractivity contribution in [1.82, 2.24) is 0 Å². The number of carbonyl (C=O) groups is 2. The number of fused-ring (bicyclic) bond motifs is 2. The van der Waals surface area contributed by atoms with Gasteiger partial charge in [-0.25, -0.2) is 4.79 Å². The maximum absolute atomic E-state index is 13.5. The van der Waals surface area contributed by atoms with E-state index in [1.54, 1.807) is 30.3 Å². The highest BCUT2D eigenvalue weighted by Gasteiger charge is 2.71. The standard InChI is InChI=1S/C25H25F3N2O3/c1-22(2)23(3)12-13-24(22,15-19(23)30-33-20(31)16-8-5-4-6-9-16)21(32)29-18-11-7-10-17(14-18)25(26,27)28/h4-11,14H,12-13,15H2,1-3H3,(H,29,32)/b30-19+. The molecule has 2 unspecified atom stereocenters. The third kappa shape index (κ3) is 3.61. The van der Waals surface area contributed by atoms with Gasteiger partial charge in [-0.3, -0.25) is 4.79 Å². The van der Waals surface area contributed by atoms with E-state index in [0.29, 0.717) is 24.1 Å². The Morgan fingerprint density at radius 1 is 1.00 bits per heavy atom. The second kappa shape index (κ2) is 7.71. The highest BCUT2D eigenvalue weighted by atomic mass is 19.4. The number of nitrogens with one attached hydrogen (secondary N) is 1. The fourth-order valence-corrected chi connectivity index (χ4v) is 5.27. The van der Waals surface area contributed by atoms with Gasteiger partial charge in [-0.05, 0) is 48.6 Å². The average molecular weight is 458 g/mol. The summed E-state index contributed by atoms with van der Waals surface area (Å²) in [6.45, 7) is 5.93. The molecule has 4 rings (SSSR count). The predicted molar refractivity (Wildman–Crippen MR) is 118 cm³/mol. The van der Waals surface area contributed by atoms with Crippen molar-refractivity contribution in [3.05, 3.63) is 65.7 Å². The molecule has 0 aromatic heterocycles. The van der Waals surface area contributed by atoms with E-state index >= 15 is 0 Å². The van der Waals surface area contributed by atoms with Crippen molar-refractivity contribution in [1.29, 1.82) is 0 Å². The van der Waals surface area contributed by atoms with E-state index in [2.05, 4.69) is 10.5 Å². The number of rotatable bonds is 4. The normalized spacial score (nSPS) is 26.9. The molecule has 0 spiro atoms. The van der Waals surface area contributed by atoms with Gasteiger partial charge in [-0.1, -0.05) is 50.2 Å². The van der Waals surface area contributed by atoms with Gasteiger partial charge in [0.05, 0.1) is 22.3 Å². The average Bonchev–Trinajstić information content (AvgIpc) is 3.08. The van der Waals surface area contributed by atoms with Crippen LogP contribution in [-0.4, -0.2) is 17.6 Å². The summed E-state index contributed by atoms with van der Waals surface area (Å²) >= 11 is 0. The Labute approximate surface area is 190 Å². The van der Waals surface area contributed by atoms with Gasteiger partial charge in [-0.15, -0.1) is 0 Å². The number of anilines is 1. The summed E-state index contributed by atoms with van der Waals surface area (Å²) in [6.07, 6.45) is -3.02. The predicted octanol–water partition coefficient (Wildman–Crippen LogP) is 6.07. The molecule has 0 radical (unpaired) electrons. The lowest BCUT2D eigenvalue weighted by Gasteiger charge is -2.39. The van der Waals surface area contributed by atoms with Crippen molar-refractivity contribution in [3.63, 3.8) is 0 Å². The zero-order chi connectivity index (χ0) is 24.1. The zero-order valence-electron chi connectivity index (χ0n) is 18.6. The molecule has 0 heterocycles. The highest BCUT2D eigenvalue weighted by Crippen LogP contribution is 2.71. The minimum Gasteiger partial charge on any atom is -0.326 e. The SMILES string of the molecule is CC12CCC(C(=O)Nc3cccc(C(F)(F)F)c3)(C/C1=N\OC(=O)c1ccccc1)C2(C)C. The number of hydrogen-bond acceptors (Lipinski definition) is 4. The molecule has 0 saturated heterocycles. The van der Waals surface area contributed by atoms with Crippen molar-refractivity contribution in [3.8, 4) is 0 Å². The molecule has 2 aromatic carbocycles. The van der Waals surface area contributed by atoms with Crippen LogP contribution in [0, 0.1) is 16.2 Å². The smallest absolute Gasteiger partial charge is 0.326 e. The molecule has 2 aliphatic rings. The van der Waals surface area contributed by atoms with Crippen LogP contribution >= 0.6 is 0 Å². The van der Waals surface area contributed by atoms with Gasteiger partial charge in [0.25, 0.3) is 0 Å². The van der Waals surface area contributed by atoms with Crippen LogP contribution < -0.4 is 5.32 Å². The van der Waals surface area contributed by atoms with Crippen LogP contribution in [0.4, 0.5) is 18.9 Å². The largest absolute Gasteiger partial charge is 0.416 e. The third-order valence-corrected chi connectivity index (χ3v) is 7.86. The second-order valence-corrected chi connectivity index (χ2v) is 9.53. The zero-order valence-corrected chi connectivity index (χ0v) is 18.6. The number of oxime groups is 1. The summed E-state index contributed by atoms with van der Waals surface area (Å²) in [6, 6.07) is 13.1. The van der Waals surface area contributed by atoms with E-state index in [-0.39, 0.29) is 18.0 Å². The first-order chi connectivity index (χ1) is 15.4. The molecule has 2 saturated carbocycles. The Balaban J connectivity index is 1.59. The van der Waals surface area contributed by atoms with E-state index < -0.39 is 34.0 Å². The minimum atomic E-state index is -4.50. The number of hydrogen-bond donors (Lipinski definition) is 1. The molecule has 2 aliphatic carbocycles. The molecule has 33 heavy (non-hydrogen) atoms. The first kappa shape index (κ1) is 23.0. The third-order valence-electron chi connectivity index (χ3n) is 7.86. The summed E-state index contributed by atoms with van der Waals surface area (Å²) in [4.78, 5) is 31.0. The second-order valence-electron chi connectivity index (χ2n) is 9.53. The first-order valence-electron chi connectivity index (χ1n) is 10.7. The van der Waals surface area contributed by atoms with Crippen molar-refractivity contribution >= 4 is 23.3 Å². The number of alkyl halides is 3. The molecular formula is C25H25F3N2O3. The summed E-state index contributed by atoms with van der Waals surface area (Å²) in [5.74, 6) is -0.940. The highest BCUT2D eigenvalue weighted by molar-refractivity contribution is 6.06. The van der Waals surface area contributed by atoms with Gasteiger partial charge >= 0.3 is 12.1 Å². The molecule has 5 nitrogen and oxygen atoms in total. The summed E-state index contributed by atoms with van der Waals surface area (Å²) < 4.78 is 39.2. The number of benzene rings is 2. The number of carbonyl (C=O) groups excluding carboxylic acids is 2. The summed E-state index contributed by atoms with van der Waals surface area (Å²) in [5, 5.41) is 6.87. The molecule has 1 N–H and O–H groups in total. The maximum atomic E-state index is 13.5. The van der Waals surface area contributed by atoms with E-state index in [1.165, 1.54) is 12.1 Å². The number of halogens is 3. The van der Waals surface area contributed by atoms with Gasteiger partial charge in [0.15, 0.2) is 0 Å². The van der Waals surface area contributed by atoms with E-state index in [4.69, 9.17) is 4.84 Å². The van der Waals surface area contributed by atoms with Crippen LogP contribution in [0.3, 0.4) is 0 Å². The monoisotopic (exact) mass is 458 g/mol. The van der Waals surface area contributed by atoms with Crippen molar-refractivity contribution in [2.24, 2.45) is 21.4 Å². The molecule has 8 heteroatoms. The quantitative estimate of drug-likeness (QED) is 0.446. The molecule has 2 bridgehead atoms. The molecule has 2 fully saturated rings. The Bertz CT molecular complexity index is 1130. The molecule has 2 atom stereocenters. The van der Waals surface area contributed by atoms with Crippen molar-refractivity contribution in [2.45, 2.75) is 46.2 Å². The van der Waals surface area contributed by atoms with Gasteiger partial charge in [0, 0.05) is 17.5 Å². The lowest BCUT2D eigenvalue weighted by Crippen LogP contribution is -2.43. The van der Waals surface area contributed by atoms with E-state index in [0.717, 1.165) is 12.1 Å². The van der Waals surface area contributed by atoms with Crippen molar-refractivity contribution < 1.29 is 27.6 Å². The Hall–Kier alpha value is -3.16. The molecular weight excluding hydrogens is 433 g/mol. The van der Waals surface area contributed by atoms with Gasteiger partial charge < -0.3 is 10.2 Å². The van der Waals surface area contributed by atoms with Crippen LogP contribution in [0.1, 0.15) is 56.0 Å². The lowest BCUT2D eigenvalue weighted by molar-refractivity contribution is -0.137. The van der Waals surface area contributed by atoms with Gasteiger partial charge in [0.2, 0.25) is 5.91 Å². The fourth-order valence-electron chi connectivity index (χ4n) is 5.27. The van der Waals surface area contributed by atoms with Crippen molar-refractivity contribution in [2.75, 3.05) is 5.32 Å². The summed E-state index contributed by atoms with van der Waals surface area (Å²) in [7, 11) is 0. The fraction of sp³-hybridized carbons (Fsp3) is 0.400. The molecule has 2 aromatic rings. The Morgan fingerprint density at radius 3 is 2.36 bits per heavy atom. The lowest BCUT2D eigenvalue weighted by atomic mass is 9.64. The Kier molecular flexibility index (Phi) is 5.38. The van der Waals surface area contributed by atoms with E-state index in [1.807, 2.05) is 20.8 Å². The van der Waals surface area contributed by atoms with Gasteiger partial charge in [-0.2, -0.15) is 13.2 Å². The topological polar surface area (TPSA) is 67.8 Å². The van der Waals surface area contributed by atoms with Crippen LogP contribution in [0.5, 0.6) is 0 Å². The number of nitrogens with zero attached hydrogens (tertiary/aromatic N) is 1. The van der Waals surface area contributed by atoms with Crippen LogP contribution in [0.2, 0.25) is 0 Å². The van der Waals surface area contributed by atoms with Crippen LogP contribution in [0.15, 0.2) is 59.8 Å². The minimum absolute atomic E-state index is 0.0921. The summed E-state index contributed by atoms with van der Waals surface area (Å²) in [5.41, 5.74) is -1.68. The maximum Gasteiger partial charge on any atom is 0.416 e. The first-order valence-corrected chi connectivity index (χ1v) is 10.7. The molecule has 174 valence electrons. The molecule has 1 amide bonds. The van der Waals surface area contributed by atoms with Crippen LogP contribution in [0.25, 0.3) is 0 Å². The Morgan fingerprint density at radius 2 is 1.70 bits per heavy atom. The van der Waals surface area contributed by atoms with Crippen LogP contribution in [-0.2, 0) is 15.8 Å². The molecule has 0 aliphatic heterocycles. The van der Waals surface area contributed by atoms with E-state index in [9.17, 15) is 22.8 Å².